The van der Waals surface area contributed by atoms with Gasteiger partial charge in [0.15, 0.2) is 19.0 Å². The van der Waals surface area contributed by atoms with Gasteiger partial charge in [-0.3, -0.25) is 14.4 Å². The maximum Gasteiger partial charge on any atom is 0.416 e. The molecule has 2 aromatic rings. The summed E-state index contributed by atoms with van der Waals surface area (Å²) in [5, 5.41) is 2.56. The number of hydrogen-bond donors (Lipinski definition) is 1. The van der Waals surface area contributed by atoms with Gasteiger partial charge in [0.1, 0.15) is 5.75 Å². The van der Waals surface area contributed by atoms with Crippen LogP contribution in [0.1, 0.15) is 21.5 Å². The van der Waals surface area contributed by atoms with Crippen LogP contribution in [0, 0.1) is 0 Å². The molecule has 2 aromatic carbocycles. The van der Waals surface area contributed by atoms with E-state index in [4.69, 9.17) is 9.47 Å². The van der Waals surface area contributed by atoms with E-state index in [1.54, 1.807) is 0 Å². The van der Waals surface area contributed by atoms with E-state index in [2.05, 4.69) is 5.32 Å². The number of fused-ring (bicyclic) bond motifs is 1. The summed E-state index contributed by atoms with van der Waals surface area (Å²) < 4.78 is 47.6. The Morgan fingerprint density at radius 2 is 1.82 bits per heavy atom. The number of rotatable bonds is 5. The molecule has 1 amide bonds. The highest BCUT2D eigenvalue weighted by Crippen LogP contribution is 2.29. The van der Waals surface area contributed by atoms with Crippen LogP contribution in [0.3, 0.4) is 0 Å². The molecule has 9 heteroatoms. The number of ketones is 1. The zero-order chi connectivity index (χ0) is 20.3. The van der Waals surface area contributed by atoms with Crippen molar-refractivity contribution in [2.75, 3.05) is 18.5 Å². The van der Waals surface area contributed by atoms with Crippen molar-refractivity contribution in [3.05, 3.63) is 59.2 Å². The van der Waals surface area contributed by atoms with E-state index in [1.807, 2.05) is 0 Å². The summed E-state index contributed by atoms with van der Waals surface area (Å²) in [5.74, 6) is -1.17. The van der Waals surface area contributed by atoms with Crippen LogP contribution >= 0.6 is 0 Å². The number of carbonyl (C=O) groups is 3. The van der Waals surface area contributed by atoms with E-state index in [0.29, 0.717) is 17.0 Å². The van der Waals surface area contributed by atoms with Gasteiger partial charge in [0.05, 0.1) is 17.7 Å². The van der Waals surface area contributed by atoms with E-state index in [-0.39, 0.29) is 24.5 Å². The van der Waals surface area contributed by atoms with E-state index >= 15 is 0 Å². The Labute approximate surface area is 157 Å². The second-order valence-corrected chi connectivity index (χ2v) is 6.00. The van der Waals surface area contributed by atoms with Gasteiger partial charge >= 0.3 is 12.1 Å². The number of amides is 1. The summed E-state index contributed by atoms with van der Waals surface area (Å²) >= 11 is 0. The van der Waals surface area contributed by atoms with Crippen molar-refractivity contribution in [1.82, 2.24) is 0 Å². The third-order valence-electron chi connectivity index (χ3n) is 3.93. The highest BCUT2D eigenvalue weighted by molar-refractivity contribution is 6.01. The number of alkyl halides is 3. The molecule has 0 spiro atoms. The lowest BCUT2D eigenvalue weighted by atomic mass is 10.1. The van der Waals surface area contributed by atoms with Crippen LogP contribution < -0.4 is 10.1 Å². The van der Waals surface area contributed by atoms with Gasteiger partial charge in [-0.1, -0.05) is 12.1 Å². The second kappa shape index (κ2) is 7.71. The predicted octanol–water partition coefficient (Wildman–Crippen LogP) is 3.00. The molecule has 28 heavy (non-hydrogen) atoms. The SMILES string of the molecule is O=C1COc2ccc(C(=O)COC(=O)Cc3ccc(C(F)(F)F)cc3)cc2N1. The topological polar surface area (TPSA) is 81.7 Å². The van der Waals surface area contributed by atoms with Gasteiger partial charge in [-0.15, -0.1) is 0 Å². The second-order valence-electron chi connectivity index (χ2n) is 6.00. The minimum atomic E-state index is -4.45. The first kappa shape index (κ1) is 19.4. The molecule has 0 aromatic heterocycles. The molecular formula is C19H14F3NO5. The molecule has 0 saturated heterocycles. The fraction of sp³-hybridized carbons (Fsp3) is 0.211. The number of halogens is 3. The molecule has 6 nitrogen and oxygen atoms in total. The largest absolute Gasteiger partial charge is 0.482 e. The van der Waals surface area contributed by atoms with Crippen molar-refractivity contribution in [3.8, 4) is 5.75 Å². The van der Waals surface area contributed by atoms with Gasteiger partial charge in [0.2, 0.25) is 0 Å². The minimum absolute atomic E-state index is 0.109. The third kappa shape index (κ3) is 4.67. The number of Topliss-reactive ketones (excluding diaryl/α,β-unsaturated/α-hetero) is 1. The number of carbonyl (C=O) groups excluding carboxylic acids is 3. The fourth-order valence-corrected chi connectivity index (χ4v) is 2.52. The van der Waals surface area contributed by atoms with Gasteiger partial charge < -0.3 is 14.8 Å². The Kier molecular flexibility index (Phi) is 5.34. The summed E-state index contributed by atoms with van der Waals surface area (Å²) in [4.78, 5) is 35.3. The molecule has 0 unspecified atom stereocenters. The summed E-state index contributed by atoms with van der Waals surface area (Å²) in [7, 11) is 0. The molecule has 1 aliphatic rings. The molecule has 146 valence electrons. The zero-order valence-electron chi connectivity index (χ0n) is 14.3. The Morgan fingerprint density at radius 1 is 1.11 bits per heavy atom. The summed E-state index contributed by atoms with van der Waals surface area (Å²) in [6.45, 7) is -0.644. The van der Waals surface area contributed by atoms with E-state index in [0.717, 1.165) is 12.1 Å². The molecule has 0 aliphatic carbocycles. The van der Waals surface area contributed by atoms with Crippen LogP contribution in [0.15, 0.2) is 42.5 Å². The van der Waals surface area contributed by atoms with E-state index in [1.165, 1.54) is 30.3 Å². The minimum Gasteiger partial charge on any atom is -0.482 e. The normalized spacial score (nSPS) is 13.2. The number of hydrogen-bond acceptors (Lipinski definition) is 5. The zero-order valence-corrected chi connectivity index (χ0v) is 14.3. The molecule has 0 atom stereocenters. The van der Waals surface area contributed by atoms with Crippen LogP contribution in [-0.4, -0.2) is 30.9 Å². The molecule has 0 saturated carbocycles. The monoisotopic (exact) mass is 393 g/mol. The van der Waals surface area contributed by atoms with Crippen LogP contribution in [0.5, 0.6) is 5.75 Å². The lowest BCUT2D eigenvalue weighted by Crippen LogP contribution is -2.25. The lowest BCUT2D eigenvalue weighted by molar-refractivity contribution is -0.141. The maximum atomic E-state index is 12.5. The Hall–Kier alpha value is -3.36. The average Bonchev–Trinajstić information content (AvgIpc) is 2.65. The van der Waals surface area contributed by atoms with Crippen LogP contribution in [0.2, 0.25) is 0 Å². The van der Waals surface area contributed by atoms with Crippen molar-refractivity contribution in [3.63, 3.8) is 0 Å². The number of nitrogens with one attached hydrogen (secondary N) is 1. The van der Waals surface area contributed by atoms with E-state index in [9.17, 15) is 27.6 Å². The molecule has 1 N–H and O–H groups in total. The average molecular weight is 393 g/mol. The first-order valence-corrected chi connectivity index (χ1v) is 8.14. The Balaban J connectivity index is 1.55. The summed E-state index contributed by atoms with van der Waals surface area (Å²) in [6.07, 6.45) is -4.72. The predicted molar refractivity (Wildman–Crippen MR) is 91.0 cm³/mol. The highest BCUT2D eigenvalue weighted by Gasteiger charge is 2.30. The molecule has 1 heterocycles. The number of esters is 1. The quantitative estimate of drug-likeness (QED) is 0.624. The van der Waals surface area contributed by atoms with Crippen LogP contribution in [0.25, 0.3) is 0 Å². The number of benzene rings is 2. The Morgan fingerprint density at radius 3 is 2.50 bits per heavy atom. The molecule has 1 aliphatic heterocycles. The van der Waals surface area contributed by atoms with Gasteiger partial charge in [-0.25, -0.2) is 0 Å². The van der Waals surface area contributed by atoms with Crippen molar-refractivity contribution in [2.24, 2.45) is 0 Å². The molecule has 0 bridgehead atoms. The van der Waals surface area contributed by atoms with Gasteiger partial charge in [0.25, 0.3) is 5.91 Å². The first-order chi connectivity index (χ1) is 13.2. The fourth-order valence-electron chi connectivity index (χ4n) is 2.52. The van der Waals surface area contributed by atoms with Gasteiger partial charge in [-0.2, -0.15) is 13.2 Å². The van der Waals surface area contributed by atoms with Crippen molar-refractivity contribution in [2.45, 2.75) is 12.6 Å². The Bertz CT molecular complexity index is 922. The molecule has 0 radical (unpaired) electrons. The summed E-state index contributed by atoms with van der Waals surface area (Å²) in [5.41, 5.74) is 0.0763. The van der Waals surface area contributed by atoms with Crippen molar-refractivity contribution >= 4 is 23.3 Å². The summed E-state index contributed by atoms with van der Waals surface area (Å²) in [6, 6.07) is 8.51. The maximum absolute atomic E-state index is 12.5. The van der Waals surface area contributed by atoms with Crippen molar-refractivity contribution < 1.29 is 37.0 Å². The smallest absolute Gasteiger partial charge is 0.416 e. The highest BCUT2D eigenvalue weighted by atomic mass is 19.4. The number of anilines is 1. The lowest BCUT2D eigenvalue weighted by Gasteiger charge is -2.18. The third-order valence-corrected chi connectivity index (χ3v) is 3.93. The standard InChI is InChI=1S/C19H14F3NO5/c20-19(21,22)13-4-1-11(2-5-13)7-18(26)28-9-15(24)12-3-6-16-14(8-12)23-17(25)10-27-16/h1-6,8H,7,9-10H2,(H,23,25). The van der Waals surface area contributed by atoms with E-state index < -0.39 is 30.1 Å². The van der Waals surface area contributed by atoms with Gasteiger partial charge in [0, 0.05) is 5.56 Å². The van der Waals surface area contributed by atoms with Crippen LogP contribution in [-0.2, 0) is 26.9 Å². The molecule has 0 fully saturated rings. The van der Waals surface area contributed by atoms with Crippen LogP contribution in [0.4, 0.5) is 18.9 Å². The molecule has 3 rings (SSSR count). The van der Waals surface area contributed by atoms with Gasteiger partial charge in [-0.05, 0) is 35.9 Å². The first-order valence-electron chi connectivity index (χ1n) is 8.14. The van der Waals surface area contributed by atoms with Crippen molar-refractivity contribution in [1.29, 1.82) is 0 Å². The molecular weight excluding hydrogens is 379 g/mol. The number of ether oxygens (including phenoxy) is 2.